The van der Waals surface area contributed by atoms with Crippen LogP contribution in [0, 0.1) is 11.7 Å². The average molecular weight is 383 g/mol. The number of piperidine rings is 1. The molecule has 4 rings (SSSR count). The fraction of sp³-hybridized carbons (Fsp3) is 0.455. The van der Waals surface area contributed by atoms with Crippen LogP contribution in [0.5, 0.6) is 11.5 Å². The number of ether oxygens (including phenoxy) is 1. The molecule has 1 amide bonds. The van der Waals surface area contributed by atoms with Crippen LogP contribution in [0.3, 0.4) is 0 Å². The van der Waals surface area contributed by atoms with Crippen molar-refractivity contribution in [1.82, 2.24) is 15.2 Å². The topological polar surface area (TPSA) is 54.5 Å². The lowest BCUT2D eigenvalue weighted by Gasteiger charge is -2.42. The number of aromatic nitrogens is 1. The Morgan fingerprint density at radius 3 is 2.71 bits per heavy atom. The molecule has 0 spiro atoms. The Balaban J connectivity index is 1.31. The van der Waals surface area contributed by atoms with Gasteiger partial charge in [-0.05, 0) is 68.5 Å². The number of pyridine rings is 1. The number of likely N-dealkylation sites (tertiary alicyclic amines) is 1. The maximum atomic E-state index is 13.0. The molecule has 2 fully saturated rings. The van der Waals surface area contributed by atoms with E-state index in [4.69, 9.17) is 4.74 Å². The molecular formula is C22H26FN3O2. The first-order valence-corrected chi connectivity index (χ1v) is 10.1. The molecule has 1 N–H and O–H groups in total. The third-order valence-electron chi connectivity index (χ3n) is 5.71. The Hall–Kier alpha value is -2.47. The van der Waals surface area contributed by atoms with Crippen molar-refractivity contribution in [3.05, 3.63) is 54.1 Å². The maximum absolute atomic E-state index is 13.0. The molecule has 0 bridgehead atoms. The van der Waals surface area contributed by atoms with Gasteiger partial charge in [-0.2, -0.15) is 0 Å². The minimum atomic E-state index is -0.319. The van der Waals surface area contributed by atoms with Crippen molar-refractivity contribution in [2.24, 2.45) is 5.92 Å². The van der Waals surface area contributed by atoms with Gasteiger partial charge in [0.25, 0.3) is 5.91 Å². The van der Waals surface area contributed by atoms with Gasteiger partial charge in [-0.15, -0.1) is 0 Å². The smallest absolute Gasteiger partial charge is 0.270 e. The van der Waals surface area contributed by atoms with E-state index in [1.54, 1.807) is 30.5 Å². The summed E-state index contributed by atoms with van der Waals surface area (Å²) >= 11 is 0. The molecule has 1 aromatic carbocycles. The third kappa shape index (κ3) is 4.68. The van der Waals surface area contributed by atoms with Gasteiger partial charge in [0.2, 0.25) is 0 Å². The van der Waals surface area contributed by atoms with Gasteiger partial charge in [0.15, 0.2) is 0 Å². The molecule has 0 radical (unpaired) electrons. The van der Waals surface area contributed by atoms with Gasteiger partial charge in [0.1, 0.15) is 23.0 Å². The highest BCUT2D eigenvalue weighted by Gasteiger charge is 2.29. The van der Waals surface area contributed by atoms with Crippen LogP contribution in [-0.2, 0) is 0 Å². The molecule has 1 saturated heterocycles. The van der Waals surface area contributed by atoms with Crippen molar-refractivity contribution in [3.63, 3.8) is 0 Å². The molecular weight excluding hydrogens is 357 g/mol. The molecule has 1 aliphatic heterocycles. The molecule has 6 heteroatoms. The van der Waals surface area contributed by atoms with E-state index < -0.39 is 0 Å². The number of hydrogen-bond acceptors (Lipinski definition) is 4. The number of benzene rings is 1. The Morgan fingerprint density at radius 1 is 1.14 bits per heavy atom. The summed E-state index contributed by atoms with van der Waals surface area (Å²) in [4.78, 5) is 19.3. The summed E-state index contributed by atoms with van der Waals surface area (Å²) in [5.41, 5.74) is 0.325. The molecule has 1 atom stereocenters. The van der Waals surface area contributed by atoms with Gasteiger partial charge >= 0.3 is 0 Å². The highest BCUT2D eigenvalue weighted by Crippen LogP contribution is 2.29. The van der Waals surface area contributed by atoms with Crippen molar-refractivity contribution in [3.8, 4) is 11.5 Å². The standard InChI is InChI=1S/C22H26FN3O2/c23-17-6-8-19(9-7-17)28-20-10-11-24-21(13-20)22(27)25-14-16-3-2-12-26(15-16)18-4-1-5-18/h6-11,13,16,18H,1-5,12,14-15H2,(H,25,27)/t16-/m1/s1. The molecule has 148 valence electrons. The number of nitrogens with zero attached hydrogens (tertiary/aromatic N) is 2. The first kappa shape index (κ1) is 18.9. The normalized spacial score (nSPS) is 20.4. The SMILES string of the molecule is O=C(NC[C@H]1CCCN(C2CCC2)C1)c1cc(Oc2ccc(F)cc2)ccn1. The zero-order chi connectivity index (χ0) is 19.3. The maximum Gasteiger partial charge on any atom is 0.270 e. The minimum absolute atomic E-state index is 0.190. The first-order valence-electron chi connectivity index (χ1n) is 10.1. The second-order valence-corrected chi connectivity index (χ2v) is 7.73. The van der Waals surface area contributed by atoms with Crippen LogP contribution in [0.1, 0.15) is 42.6 Å². The Morgan fingerprint density at radius 2 is 1.96 bits per heavy atom. The van der Waals surface area contributed by atoms with Crippen LogP contribution < -0.4 is 10.1 Å². The second-order valence-electron chi connectivity index (χ2n) is 7.73. The number of halogens is 1. The lowest BCUT2D eigenvalue weighted by atomic mass is 9.88. The molecule has 2 aromatic rings. The van der Waals surface area contributed by atoms with Crippen molar-refractivity contribution in [2.75, 3.05) is 19.6 Å². The van der Waals surface area contributed by atoms with E-state index in [0.29, 0.717) is 29.7 Å². The summed E-state index contributed by atoms with van der Waals surface area (Å²) in [6.07, 6.45) is 7.91. The lowest BCUT2D eigenvalue weighted by molar-refractivity contribution is 0.0735. The fourth-order valence-electron chi connectivity index (χ4n) is 3.91. The van der Waals surface area contributed by atoms with E-state index in [1.165, 1.54) is 44.4 Å². The monoisotopic (exact) mass is 383 g/mol. The molecule has 1 aromatic heterocycles. The Labute approximate surface area is 164 Å². The number of nitrogens with one attached hydrogen (secondary N) is 1. The van der Waals surface area contributed by atoms with Gasteiger partial charge in [-0.3, -0.25) is 9.78 Å². The van der Waals surface area contributed by atoms with Crippen LogP contribution in [0.15, 0.2) is 42.6 Å². The second kappa shape index (κ2) is 8.69. The van der Waals surface area contributed by atoms with Gasteiger partial charge in [0.05, 0.1) is 0 Å². The summed E-state index contributed by atoms with van der Waals surface area (Å²) in [5, 5.41) is 3.03. The quantitative estimate of drug-likeness (QED) is 0.819. The molecule has 28 heavy (non-hydrogen) atoms. The molecule has 1 aliphatic carbocycles. The number of rotatable bonds is 6. The zero-order valence-corrected chi connectivity index (χ0v) is 15.9. The van der Waals surface area contributed by atoms with Crippen LogP contribution in [-0.4, -0.2) is 41.5 Å². The van der Waals surface area contributed by atoms with E-state index in [0.717, 1.165) is 19.0 Å². The molecule has 2 aliphatic rings. The average Bonchev–Trinajstić information content (AvgIpc) is 2.67. The summed E-state index contributed by atoms with van der Waals surface area (Å²) in [6.45, 7) is 2.94. The number of amides is 1. The Bertz CT molecular complexity index is 808. The van der Waals surface area contributed by atoms with Gasteiger partial charge < -0.3 is 15.0 Å². The number of carbonyl (C=O) groups is 1. The van der Waals surface area contributed by atoms with Gasteiger partial charge in [-0.25, -0.2) is 4.39 Å². The van der Waals surface area contributed by atoms with Crippen molar-refractivity contribution in [2.45, 2.75) is 38.1 Å². The molecule has 2 heterocycles. The van der Waals surface area contributed by atoms with Crippen LogP contribution in [0.2, 0.25) is 0 Å². The highest BCUT2D eigenvalue weighted by molar-refractivity contribution is 5.92. The van der Waals surface area contributed by atoms with Gasteiger partial charge in [0, 0.05) is 31.4 Å². The zero-order valence-electron chi connectivity index (χ0n) is 15.9. The summed E-state index contributed by atoms with van der Waals surface area (Å²) in [6, 6.07) is 9.82. The molecule has 5 nitrogen and oxygen atoms in total. The first-order chi connectivity index (χ1) is 13.7. The Kier molecular flexibility index (Phi) is 5.86. The van der Waals surface area contributed by atoms with Crippen molar-refractivity contribution < 1.29 is 13.9 Å². The van der Waals surface area contributed by atoms with Crippen molar-refractivity contribution >= 4 is 5.91 Å². The minimum Gasteiger partial charge on any atom is -0.457 e. The summed E-state index contributed by atoms with van der Waals surface area (Å²) < 4.78 is 18.7. The fourth-order valence-corrected chi connectivity index (χ4v) is 3.91. The largest absolute Gasteiger partial charge is 0.457 e. The van der Waals surface area contributed by atoms with Crippen molar-refractivity contribution in [1.29, 1.82) is 0 Å². The van der Waals surface area contributed by atoms with Crippen LogP contribution in [0.4, 0.5) is 4.39 Å². The summed E-state index contributed by atoms with van der Waals surface area (Å²) in [5.74, 6) is 1.00. The molecule has 1 saturated carbocycles. The number of carbonyl (C=O) groups excluding carboxylic acids is 1. The third-order valence-corrected chi connectivity index (χ3v) is 5.71. The summed E-state index contributed by atoms with van der Waals surface area (Å²) in [7, 11) is 0. The van der Waals surface area contributed by atoms with Gasteiger partial charge in [-0.1, -0.05) is 6.42 Å². The number of hydrogen-bond donors (Lipinski definition) is 1. The lowest BCUT2D eigenvalue weighted by Crippen LogP contribution is -2.48. The predicted octanol–water partition coefficient (Wildman–Crippen LogP) is 4.01. The van der Waals surface area contributed by atoms with E-state index in [2.05, 4.69) is 15.2 Å². The van der Waals surface area contributed by atoms with Crippen LogP contribution in [0.25, 0.3) is 0 Å². The highest BCUT2D eigenvalue weighted by atomic mass is 19.1. The molecule has 0 unspecified atom stereocenters. The van der Waals surface area contributed by atoms with E-state index in [-0.39, 0.29) is 11.7 Å². The predicted molar refractivity (Wildman–Crippen MR) is 105 cm³/mol. The van der Waals surface area contributed by atoms with E-state index >= 15 is 0 Å². The van der Waals surface area contributed by atoms with E-state index in [1.807, 2.05) is 0 Å². The van der Waals surface area contributed by atoms with E-state index in [9.17, 15) is 9.18 Å². The van der Waals surface area contributed by atoms with Crippen LogP contribution >= 0.6 is 0 Å².